The van der Waals surface area contributed by atoms with Crippen molar-refractivity contribution in [3.63, 3.8) is 0 Å². The van der Waals surface area contributed by atoms with Gasteiger partial charge in [0.1, 0.15) is 0 Å². The van der Waals surface area contributed by atoms with Crippen molar-refractivity contribution in [2.24, 2.45) is 4.99 Å². The van der Waals surface area contributed by atoms with Crippen molar-refractivity contribution >= 4 is 22.7 Å². The number of thioether (sulfide) groups is 1. The number of aliphatic hydroxyl groups is 1. The van der Waals surface area contributed by atoms with Crippen LogP contribution in [0.15, 0.2) is 72.4 Å². The molecule has 1 aliphatic rings. The summed E-state index contributed by atoms with van der Waals surface area (Å²) in [7, 11) is 0. The molecule has 5 heteroatoms. The lowest BCUT2D eigenvalue weighted by molar-refractivity contribution is -0.0422. The topological polar surface area (TPSA) is 48.7 Å². The van der Waals surface area contributed by atoms with Crippen LogP contribution in [0.2, 0.25) is 0 Å². The molecular formula is C17H17N3OS. The Morgan fingerprint density at radius 1 is 1.27 bits per heavy atom. The number of rotatable bonds is 4. The van der Waals surface area contributed by atoms with Crippen molar-refractivity contribution in [1.82, 2.24) is 9.88 Å². The molecule has 0 saturated carbocycles. The standard InChI is InChI=1S/C17H17N3OS/c1-2-12-20-16(19-15-10-6-7-11-18-15)22-13-17(20,21)14-8-4-3-5-9-14/h2-11,21H,1,12-13H2/t17-/m1/s1. The SMILES string of the molecule is C=CCN1C(=Nc2ccccn2)SC[C@@]1(O)c1ccccc1. The van der Waals surface area contributed by atoms with Crippen molar-refractivity contribution < 1.29 is 5.11 Å². The first-order valence-electron chi connectivity index (χ1n) is 7.03. The Bertz CT molecular complexity index is 675. The molecule has 112 valence electrons. The lowest BCUT2D eigenvalue weighted by atomic mass is 10.0. The molecule has 1 fully saturated rings. The molecule has 2 heterocycles. The third-order valence-electron chi connectivity index (χ3n) is 3.49. The molecular weight excluding hydrogens is 294 g/mol. The maximum Gasteiger partial charge on any atom is 0.175 e. The zero-order valence-electron chi connectivity index (χ0n) is 12.1. The molecule has 1 aliphatic heterocycles. The van der Waals surface area contributed by atoms with Crippen molar-refractivity contribution in [3.05, 3.63) is 72.9 Å². The van der Waals surface area contributed by atoms with Gasteiger partial charge in [-0.2, -0.15) is 0 Å². The summed E-state index contributed by atoms with van der Waals surface area (Å²) in [6.45, 7) is 4.31. The summed E-state index contributed by atoms with van der Waals surface area (Å²) in [6, 6.07) is 15.3. The number of pyridine rings is 1. The van der Waals surface area contributed by atoms with Crippen LogP contribution >= 0.6 is 11.8 Å². The van der Waals surface area contributed by atoms with Gasteiger partial charge in [0.15, 0.2) is 16.7 Å². The van der Waals surface area contributed by atoms with Crippen LogP contribution in [0.4, 0.5) is 5.82 Å². The summed E-state index contributed by atoms with van der Waals surface area (Å²) < 4.78 is 0. The molecule has 4 nitrogen and oxygen atoms in total. The van der Waals surface area contributed by atoms with Gasteiger partial charge < -0.3 is 10.0 Å². The molecule has 0 aliphatic carbocycles. The molecule has 1 saturated heterocycles. The number of nitrogens with zero attached hydrogens (tertiary/aromatic N) is 3. The van der Waals surface area contributed by atoms with Crippen LogP contribution in [0.25, 0.3) is 0 Å². The van der Waals surface area contributed by atoms with E-state index in [4.69, 9.17) is 0 Å². The average Bonchev–Trinajstić information content (AvgIpc) is 2.88. The molecule has 1 aromatic carbocycles. The molecule has 0 bridgehead atoms. The van der Waals surface area contributed by atoms with E-state index in [9.17, 15) is 5.11 Å². The summed E-state index contributed by atoms with van der Waals surface area (Å²) in [6.07, 6.45) is 3.48. The van der Waals surface area contributed by atoms with Gasteiger partial charge in [-0.3, -0.25) is 0 Å². The number of amidine groups is 1. The Labute approximate surface area is 134 Å². The van der Waals surface area contributed by atoms with Gasteiger partial charge in [0.05, 0.1) is 5.75 Å². The molecule has 0 spiro atoms. The average molecular weight is 311 g/mol. The Balaban J connectivity index is 1.98. The van der Waals surface area contributed by atoms with E-state index in [1.165, 1.54) is 11.8 Å². The predicted molar refractivity (Wildman–Crippen MR) is 91.0 cm³/mol. The van der Waals surface area contributed by atoms with Gasteiger partial charge in [-0.15, -0.1) is 6.58 Å². The van der Waals surface area contributed by atoms with Crippen molar-refractivity contribution in [3.8, 4) is 0 Å². The first-order chi connectivity index (χ1) is 10.7. The van der Waals surface area contributed by atoms with Gasteiger partial charge >= 0.3 is 0 Å². The second kappa shape index (κ2) is 6.34. The molecule has 0 radical (unpaired) electrons. The van der Waals surface area contributed by atoms with Crippen LogP contribution in [0.1, 0.15) is 5.56 Å². The number of benzene rings is 1. The predicted octanol–water partition coefficient (Wildman–Crippen LogP) is 3.15. The monoisotopic (exact) mass is 311 g/mol. The fraction of sp³-hybridized carbons (Fsp3) is 0.176. The Kier molecular flexibility index (Phi) is 4.27. The van der Waals surface area contributed by atoms with E-state index in [1.54, 1.807) is 12.3 Å². The Morgan fingerprint density at radius 2 is 2.05 bits per heavy atom. The van der Waals surface area contributed by atoms with Crippen LogP contribution in [-0.4, -0.2) is 32.5 Å². The minimum absolute atomic E-state index is 0.518. The second-order valence-electron chi connectivity index (χ2n) is 4.95. The third-order valence-corrected chi connectivity index (χ3v) is 4.60. The summed E-state index contributed by atoms with van der Waals surface area (Å²) in [5, 5.41) is 11.9. The second-order valence-corrected chi connectivity index (χ2v) is 5.90. The Hall–Kier alpha value is -2.11. The number of aromatic nitrogens is 1. The molecule has 1 aromatic heterocycles. The zero-order chi connectivity index (χ0) is 15.4. The first-order valence-corrected chi connectivity index (χ1v) is 8.01. The molecule has 2 aromatic rings. The van der Waals surface area contributed by atoms with E-state index in [0.29, 0.717) is 18.1 Å². The minimum Gasteiger partial charge on any atom is -0.366 e. The summed E-state index contributed by atoms with van der Waals surface area (Å²) in [5.74, 6) is 1.16. The fourth-order valence-electron chi connectivity index (χ4n) is 2.39. The van der Waals surface area contributed by atoms with Gasteiger partial charge in [0, 0.05) is 18.3 Å². The highest BCUT2D eigenvalue weighted by Gasteiger charge is 2.44. The molecule has 3 rings (SSSR count). The molecule has 0 amide bonds. The molecule has 22 heavy (non-hydrogen) atoms. The minimum atomic E-state index is -1.08. The summed E-state index contributed by atoms with van der Waals surface area (Å²) in [4.78, 5) is 10.7. The van der Waals surface area contributed by atoms with E-state index in [2.05, 4.69) is 16.6 Å². The summed E-state index contributed by atoms with van der Waals surface area (Å²) >= 11 is 1.53. The van der Waals surface area contributed by atoms with Crippen LogP contribution in [-0.2, 0) is 5.72 Å². The fourth-order valence-corrected chi connectivity index (χ4v) is 3.58. The van der Waals surface area contributed by atoms with Crippen LogP contribution in [0.5, 0.6) is 0 Å². The Morgan fingerprint density at radius 3 is 2.73 bits per heavy atom. The van der Waals surface area contributed by atoms with E-state index in [-0.39, 0.29) is 0 Å². The van der Waals surface area contributed by atoms with Gasteiger partial charge in [-0.05, 0) is 12.1 Å². The lowest BCUT2D eigenvalue weighted by Crippen LogP contribution is -2.44. The maximum absolute atomic E-state index is 11.2. The highest BCUT2D eigenvalue weighted by Crippen LogP contribution is 2.39. The summed E-state index contributed by atoms with van der Waals surface area (Å²) in [5.41, 5.74) is -0.219. The van der Waals surface area contributed by atoms with Gasteiger partial charge in [0.25, 0.3) is 0 Å². The third kappa shape index (κ3) is 2.77. The quantitative estimate of drug-likeness (QED) is 0.881. The molecule has 1 N–H and O–H groups in total. The van der Waals surface area contributed by atoms with Crippen LogP contribution in [0, 0.1) is 0 Å². The van der Waals surface area contributed by atoms with E-state index in [1.807, 2.05) is 53.4 Å². The maximum atomic E-state index is 11.2. The normalized spacial score (nSPS) is 23.0. The zero-order valence-corrected chi connectivity index (χ0v) is 12.9. The smallest absolute Gasteiger partial charge is 0.175 e. The molecule has 0 unspecified atom stereocenters. The first kappa shape index (κ1) is 14.8. The highest BCUT2D eigenvalue weighted by atomic mass is 32.2. The van der Waals surface area contributed by atoms with Gasteiger partial charge in [-0.25, -0.2) is 9.98 Å². The van der Waals surface area contributed by atoms with Crippen molar-refractivity contribution in [2.75, 3.05) is 12.3 Å². The van der Waals surface area contributed by atoms with Gasteiger partial charge in [-0.1, -0.05) is 54.2 Å². The van der Waals surface area contributed by atoms with Crippen molar-refractivity contribution in [1.29, 1.82) is 0 Å². The van der Waals surface area contributed by atoms with E-state index in [0.717, 1.165) is 10.7 Å². The van der Waals surface area contributed by atoms with E-state index >= 15 is 0 Å². The largest absolute Gasteiger partial charge is 0.366 e. The number of aliphatic imine (C=N–C) groups is 1. The van der Waals surface area contributed by atoms with Gasteiger partial charge in [0.2, 0.25) is 0 Å². The molecule has 1 atom stereocenters. The highest BCUT2D eigenvalue weighted by molar-refractivity contribution is 8.14. The number of hydrogen-bond donors (Lipinski definition) is 1. The van der Waals surface area contributed by atoms with E-state index < -0.39 is 5.72 Å². The van der Waals surface area contributed by atoms with Crippen LogP contribution in [0.3, 0.4) is 0 Å². The van der Waals surface area contributed by atoms with Crippen LogP contribution < -0.4 is 0 Å². The lowest BCUT2D eigenvalue weighted by Gasteiger charge is -2.33. The number of hydrogen-bond acceptors (Lipinski definition) is 4. The van der Waals surface area contributed by atoms with Crippen molar-refractivity contribution in [2.45, 2.75) is 5.72 Å².